The molecule has 8 nitrogen and oxygen atoms in total. The number of aromatic nitrogens is 2. The summed E-state index contributed by atoms with van der Waals surface area (Å²) >= 11 is 1.44. The third-order valence-corrected chi connectivity index (χ3v) is 7.68. The Labute approximate surface area is 215 Å². The predicted octanol–water partition coefficient (Wildman–Crippen LogP) is 3.56. The molecular weight excluding hydrogens is 517 g/mol. The summed E-state index contributed by atoms with van der Waals surface area (Å²) in [5, 5.41) is 1.89. The van der Waals surface area contributed by atoms with E-state index in [4.69, 9.17) is 4.74 Å². The van der Waals surface area contributed by atoms with Gasteiger partial charge in [0.15, 0.2) is 5.82 Å². The van der Waals surface area contributed by atoms with Gasteiger partial charge in [0, 0.05) is 29.2 Å². The van der Waals surface area contributed by atoms with Gasteiger partial charge in [-0.15, -0.1) is 11.3 Å². The van der Waals surface area contributed by atoms with Gasteiger partial charge in [-0.05, 0) is 52.3 Å². The maximum atomic E-state index is 16.3. The first-order chi connectivity index (χ1) is 17.7. The third-order valence-electron chi connectivity index (χ3n) is 6.10. The van der Waals surface area contributed by atoms with Crippen molar-refractivity contribution in [1.29, 1.82) is 0 Å². The maximum absolute atomic E-state index is 16.3. The van der Waals surface area contributed by atoms with Crippen LogP contribution >= 0.6 is 11.3 Å². The fourth-order valence-electron chi connectivity index (χ4n) is 4.45. The van der Waals surface area contributed by atoms with E-state index in [2.05, 4.69) is 9.71 Å². The van der Waals surface area contributed by atoms with Crippen molar-refractivity contribution in [3.63, 3.8) is 0 Å². The summed E-state index contributed by atoms with van der Waals surface area (Å²) in [6.07, 6.45) is 4.84. The van der Waals surface area contributed by atoms with Gasteiger partial charge in [0.05, 0.1) is 24.6 Å². The van der Waals surface area contributed by atoms with E-state index in [9.17, 15) is 18.0 Å². The Balaban J connectivity index is 1.70. The molecule has 0 atom stereocenters. The molecule has 11 heteroatoms. The molecule has 2 aromatic heterocycles. The summed E-state index contributed by atoms with van der Waals surface area (Å²) in [7, 11) is -1.89. The molecule has 5 rings (SSSR count). The monoisotopic (exact) mass is 539 g/mol. The highest BCUT2D eigenvalue weighted by Gasteiger charge is 2.25. The number of nitrogens with zero attached hydrogens (tertiary/aromatic N) is 1. The number of allylic oxidation sites excluding steroid dienone is 1. The number of methoxy groups -OCH3 is 1. The van der Waals surface area contributed by atoms with Crippen LogP contribution < -0.4 is 20.7 Å². The summed E-state index contributed by atoms with van der Waals surface area (Å²) in [6.45, 7) is 0.163. The molecule has 0 saturated heterocycles. The lowest BCUT2D eigenvalue weighted by Crippen LogP contribution is -2.28. The molecule has 0 bridgehead atoms. The van der Waals surface area contributed by atoms with Crippen molar-refractivity contribution in [2.75, 3.05) is 19.9 Å². The summed E-state index contributed by atoms with van der Waals surface area (Å²) in [4.78, 5) is 27.2. The highest BCUT2D eigenvalue weighted by Crippen LogP contribution is 2.45. The second-order valence-electron chi connectivity index (χ2n) is 8.52. The van der Waals surface area contributed by atoms with Gasteiger partial charge >= 0.3 is 5.69 Å². The van der Waals surface area contributed by atoms with Gasteiger partial charge in [0.2, 0.25) is 10.0 Å². The van der Waals surface area contributed by atoms with Crippen molar-refractivity contribution >= 4 is 26.9 Å². The Morgan fingerprint density at radius 2 is 1.97 bits per heavy atom. The molecule has 0 radical (unpaired) electrons. The number of fused-ring (bicyclic) bond motifs is 1. The second-order valence-corrected chi connectivity index (χ2v) is 11.3. The molecule has 0 aliphatic heterocycles. The standard InChI is InChI=1S/C26H22FN3O5S2/c1-35-25-19(21-4-3-11-36-21)13-20(30-10-9-22(31)29-26(30)32)24(27)23(25)16-7-8-18-15(12-16)5-6-17(18)14-28-37(2,33)34/h3-4,6-13,28H,5,14H2,1-2H3,(H,29,31,32). The Kier molecular flexibility index (Phi) is 6.44. The molecule has 0 saturated carbocycles. The molecular formula is C26H22FN3O5S2. The van der Waals surface area contributed by atoms with Crippen molar-refractivity contribution in [1.82, 2.24) is 14.3 Å². The average Bonchev–Trinajstić information content (AvgIpc) is 3.52. The normalized spacial score (nSPS) is 12.9. The maximum Gasteiger partial charge on any atom is 0.333 e. The van der Waals surface area contributed by atoms with Gasteiger partial charge < -0.3 is 4.74 Å². The molecule has 190 valence electrons. The molecule has 0 unspecified atom stereocenters. The molecule has 0 spiro atoms. The summed E-state index contributed by atoms with van der Waals surface area (Å²) in [5.74, 6) is -0.373. The minimum absolute atomic E-state index is 0.0304. The number of benzene rings is 2. The van der Waals surface area contributed by atoms with Crippen LogP contribution in [0.2, 0.25) is 0 Å². The number of ether oxygens (including phenoxy) is 1. The van der Waals surface area contributed by atoms with E-state index in [1.807, 2.05) is 35.7 Å². The Hall–Kier alpha value is -3.80. The van der Waals surface area contributed by atoms with Crippen molar-refractivity contribution < 1.29 is 17.5 Å². The van der Waals surface area contributed by atoms with Crippen LogP contribution in [-0.4, -0.2) is 37.9 Å². The van der Waals surface area contributed by atoms with Crippen LogP contribution in [0.4, 0.5) is 4.39 Å². The topological polar surface area (TPSA) is 110 Å². The minimum Gasteiger partial charge on any atom is -0.495 e. The number of rotatable bonds is 7. The van der Waals surface area contributed by atoms with E-state index in [0.717, 1.165) is 38.5 Å². The molecule has 0 fully saturated rings. The molecule has 2 heterocycles. The van der Waals surface area contributed by atoms with Crippen molar-refractivity contribution in [3.05, 3.63) is 97.9 Å². The lowest BCUT2D eigenvalue weighted by atomic mass is 9.94. The zero-order valence-electron chi connectivity index (χ0n) is 19.9. The minimum atomic E-state index is -3.35. The second kappa shape index (κ2) is 9.58. The molecule has 2 aromatic carbocycles. The number of hydrogen-bond donors (Lipinski definition) is 2. The Bertz CT molecular complexity index is 1770. The van der Waals surface area contributed by atoms with Crippen LogP contribution in [0, 0.1) is 5.82 Å². The predicted molar refractivity (Wildman–Crippen MR) is 142 cm³/mol. The third kappa shape index (κ3) is 4.80. The average molecular weight is 540 g/mol. The van der Waals surface area contributed by atoms with E-state index in [0.29, 0.717) is 23.3 Å². The van der Waals surface area contributed by atoms with Crippen LogP contribution in [-0.2, 0) is 16.4 Å². The molecule has 1 aliphatic carbocycles. The van der Waals surface area contributed by atoms with Crippen molar-refractivity contribution in [2.45, 2.75) is 6.42 Å². The number of H-pyrrole nitrogens is 1. The Morgan fingerprint density at radius 1 is 1.16 bits per heavy atom. The molecule has 1 aliphatic rings. The van der Waals surface area contributed by atoms with Crippen molar-refractivity contribution in [2.24, 2.45) is 0 Å². The summed E-state index contributed by atoms with van der Waals surface area (Å²) in [5.41, 5.74) is 2.56. The fourth-order valence-corrected chi connectivity index (χ4v) is 5.60. The summed E-state index contributed by atoms with van der Waals surface area (Å²) in [6, 6.07) is 11.8. The van der Waals surface area contributed by atoms with E-state index in [-0.39, 0.29) is 17.8 Å². The smallest absolute Gasteiger partial charge is 0.333 e. The van der Waals surface area contributed by atoms with Gasteiger partial charge in [-0.3, -0.25) is 14.3 Å². The van der Waals surface area contributed by atoms with Crippen LogP contribution in [0.25, 0.3) is 32.8 Å². The van der Waals surface area contributed by atoms with Crippen LogP contribution in [0.1, 0.15) is 11.1 Å². The highest BCUT2D eigenvalue weighted by atomic mass is 32.2. The highest BCUT2D eigenvalue weighted by molar-refractivity contribution is 7.88. The first-order valence-electron chi connectivity index (χ1n) is 11.2. The number of hydrogen-bond acceptors (Lipinski definition) is 6. The van der Waals surface area contributed by atoms with E-state index in [1.54, 1.807) is 6.07 Å². The molecule has 4 aromatic rings. The van der Waals surface area contributed by atoms with Crippen LogP contribution in [0.3, 0.4) is 0 Å². The van der Waals surface area contributed by atoms with Gasteiger partial charge in [-0.25, -0.2) is 22.3 Å². The summed E-state index contributed by atoms with van der Waals surface area (Å²) < 4.78 is 48.6. The molecule has 2 N–H and O–H groups in total. The van der Waals surface area contributed by atoms with Gasteiger partial charge in [-0.2, -0.15) is 0 Å². The van der Waals surface area contributed by atoms with E-state index in [1.165, 1.54) is 30.7 Å². The van der Waals surface area contributed by atoms with Gasteiger partial charge in [-0.1, -0.05) is 24.3 Å². The largest absolute Gasteiger partial charge is 0.495 e. The number of nitrogens with one attached hydrogen (secondary N) is 2. The number of thiophene rings is 1. The quantitative estimate of drug-likeness (QED) is 0.373. The lowest BCUT2D eigenvalue weighted by molar-refractivity contribution is 0.415. The van der Waals surface area contributed by atoms with Gasteiger partial charge in [0.1, 0.15) is 5.75 Å². The molecule has 0 amide bonds. The Morgan fingerprint density at radius 3 is 2.65 bits per heavy atom. The molecule has 37 heavy (non-hydrogen) atoms. The first-order valence-corrected chi connectivity index (χ1v) is 14.0. The van der Waals surface area contributed by atoms with Crippen molar-refractivity contribution in [3.8, 4) is 33.0 Å². The zero-order valence-corrected chi connectivity index (χ0v) is 21.5. The van der Waals surface area contributed by atoms with Crippen LogP contribution in [0.5, 0.6) is 5.75 Å². The first kappa shape index (κ1) is 24.9. The fraction of sp³-hybridized carbons (Fsp3) is 0.154. The van der Waals surface area contributed by atoms with Crippen LogP contribution in [0.15, 0.2) is 69.7 Å². The number of aromatic amines is 1. The zero-order chi connectivity index (χ0) is 26.3. The number of sulfonamides is 1. The SMILES string of the molecule is COc1c(-c2cccs2)cc(-n2ccc(=O)[nH]c2=O)c(F)c1-c1ccc2c(c1)CC=C2CNS(C)(=O)=O. The van der Waals surface area contributed by atoms with Gasteiger partial charge in [0.25, 0.3) is 5.56 Å². The van der Waals surface area contributed by atoms with E-state index >= 15 is 4.39 Å². The van der Waals surface area contributed by atoms with E-state index < -0.39 is 27.1 Å². The lowest BCUT2D eigenvalue weighted by Gasteiger charge is -2.19. The number of halogens is 1.